The molecule has 14 heavy (non-hydrogen) atoms. The summed E-state index contributed by atoms with van der Waals surface area (Å²) in [5.74, 6) is 0.545. The molecule has 0 fully saturated rings. The molecule has 0 aliphatic carbocycles. The molecule has 0 N–H and O–H groups in total. The maximum absolute atomic E-state index is 11.7. The third kappa shape index (κ3) is 3.31. The van der Waals surface area contributed by atoms with Crippen LogP contribution >= 0.6 is 0 Å². The molecule has 2 nitrogen and oxygen atoms in total. The minimum atomic E-state index is -0.938. The first-order valence-electron chi connectivity index (χ1n) is 4.52. The van der Waals surface area contributed by atoms with Gasteiger partial charge in [-0.1, -0.05) is 30.3 Å². The van der Waals surface area contributed by atoms with Crippen LogP contribution in [0.15, 0.2) is 30.3 Å². The fraction of sp³-hybridized carbons (Fsp3) is 0.364. The highest BCUT2D eigenvalue weighted by molar-refractivity contribution is 7.84. The standard InChI is InChI=1S/C11H13NOS/c1-10(7-8-12)14(13)9-11-5-3-2-4-6-11/h2-6,10H,7,9H2,1H3. The third-order valence-corrected chi connectivity index (χ3v) is 3.66. The third-order valence-electron chi connectivity index (χ3n) is 1.98. The Kier molecular flexibility index (Phi) is 4.34. The molecule has 0 saturated heterocycles. The SMILES string of the molecule is CC(CC#N)S(=O)Cc1ccccc1. The molecule has 0 aliphatic rings. The molecule has 1 rings (SSSR count). The predicted octanol–water partition coefficient (Wildman–Crippen LogP) is 2.24. The van der Waals surface area contributed by atoms with Gasteiger partial charge in [-0.05, 0) is 12.5 Å². The van der Waals surface area contributed by atoms with Gasteiger partial charge in [0.1, 0.15) is 0 Å². The lowest BCUT2D eigenvalue weighted by molar-refractivity contribution is 0.673. The first kappa shape index (κ1) is 10.9. The Labute approximate surface area is 87.0 Å². The van der Waals surface area contributed by atoms with Gasteiger partial charge in [-0.3, -0.25) is 4.21 Å². The lowest BCUT2D eigenvalue weighted by atomic mass is 10.2. The van der Waals surface area contributed by atoms with Gasteiger partial charge < -0.3 is 0 Å². The van der Waals surface area contributed by atoms with E-state index in [4.69, 9.17) is 5.26 Å². The zero-order valence-electron chi connectivity index (χ0n) is 8.14. The maximum Gasteiger partial charge on any atom is 0.0634 e. The second-order valence-electron chi connectivity index (χ2n) is 3.18. The molecule has 0 amide bonds. The van der Waals surface area contributed by atoms with Gasteiger partial charge in [0.2, 0.25) is 0 Å². The van der Waals surface area contributed by atoms with E-state index in [1.165, 1.54) is 0 Å². The highest BCUT2D eigenvalue weighted by atomic mass is 32.2. The van der Waals surface area contributed by atoms with Gasteiger partial charge in [0.25, 0.3) is 0 Å². The highest BCUT2D eigenvalue weighted by Crippen LogP contribution is 2.08. The number of benzene rings is 1. The van der Waals surface area contributed by atoms with E-state index in [2.05, 4.69) is 0 Å². The Morgan fingerprint density at radius 1 is 1.43 bits per heavy atom. The van der Waals surface area contributed by atoms with Crippen molar-refractivity contribution in [1.82, 2.24) is 0 Å². The van der Waals surface area contributed by atoms with Crippen molar-refractivity contribution in [3.63, 3.8) is 0 Å². The number of rotatable bonds is 4. The summed E-state index contributed by atoms with van der Waals surface area (Å²) in [4.78, 5) is 0. The summed E-state index contributed by atoms with van der Waals surface area (Å²) in [6.45, 7) is 1.85. The van der Waals surface area contributed by atoms with Crippen molar-refractivity contribution >= 4 is 10.8 Å². The predicted molar refractivity (Wildman–Crippen MR) is 58.0 cm³/mol. The Balaban J connectivity index is 2.54. The second-order valence-corrected chi connectivity index (χ2v) is 5.04. The van der Waals surface area contributed by atoms with Crippen LogP contribution in [0.25, 0.3) is 0 Å². The van der Waals surface area contributed by atoms with E-state index >= 15 is 0 Å². The molecule has 74 valence electrons. The first-order valence-corrected chi connectivity index (χ1v) is 5.90. The van der Waals surface area contributed by atoms with E-state index in [0.717, 1.165) is 5.56 Å². The van der Waals surface area contributed by atoms with Crippen LogP contribution in [-0.2, 0) is 16.6 Å². The van der Waals surface area contributed by atoms with Gasteiger partial charge in [-0.15, -0.1) is 0 Å². The molecular formula is C11H13NOS. The monoisotopic (exact) mass is 207 g/mol. The van der Waals surface area contributed by atoms with Crippen molar-refractivity contribution in [1.29, 1.82) is 5.26 Å². The number of nitrogens with zero attached hydrogens (tertiary/aromatic N) is 1. The molecule has 1 aromatic carbocycles. The van der Waals surface area contributed by atoms with Gasteiger partial charge in [-0.25, -0.2) is 0 Å². The topological polar surface area (TPSA) is 40.9 Å². The summed E-state index contributed by atoms with van der Waals surface area (Å²) >= 11 is 0. The van der Waals surface area contributed by atoms with E-state index in [0.29, 0.717) is 12.2 Å². The van der Waals surface area contributed by atoms with Crippen LogP contribution in [0, 0.1) is 11.3 Å². The van der Waals surface area contributed by atoms with Crippen LogP contribution in [0.2, 0.25) is 0 Å². The fourth-order valence-corrected chi connectivity index (χ4v) is 2.17. The van der Waals surface area contributed by atoms with Crippen molar-refractivity contribution in [2.75, 3.05) is 0 Å². The fourth-order valence-electron chi connectivity index (χ4n) is 1.10. The van der Waals surface area contributed by atoms with Crippen molar-refractivity contribution < 1.29 is 4.21 Å². The van der Waals surface area contributed by atoms with E-state index in [9.17, 15) is 4.21 Å². The average Bonchev–Trinajstić information content (AvgIpc) is 2.19. The largest absolute Gasteiger partial charge is 0.259 e. The van der Waals surface area contributed by atoms with E-state index in [-0.39, 0.29) is 5.25 Å². The zero-order valence-corrected chi connectivity index (χ0v) is 8.96. The maximum atomic E-state index is 11.7. The molecule has 0 heterocycles. The Hall–Kier alpha value is -1.14. The molecule has 0 spiro atoms. The van der Waals surface area contributed by atoms with Crippen LogP contribution in [0.5, 0.6) is 0 Å². The molecule has 1 aromatic rings. The van der Waals surface area contributed by atoms with Gasteiger partial charge in [0.05, 0.1) is 6.07 Å². The van der Waals surface area contributed by atoms with Crippen LogP contribution in [-0.4, -0.2) is 9.46 Å². The zero-order chi connectivity index (χ0) is 10.4. The molecule has 0 bridgehead atoms. The number of hydrogen-bond acceptors (Lipinski definition) is 2. The Morgan fingerprint density at radius 2 is 2.07 bits per heavy atom. The van der Waals surface area contributed by atoms with Crippen molar-refractivity contribution in [3.8, 4) is 6.07 Å². The van der Waals surface area contributed by atoms with Crippen LogP contribution in [0.1, 0.15) is 18.9 Å². The first-order chi connectivity index (χ1) is 6.74. The highest BCUT2D eigenvalue weighted by Gasteiger charge is 2.10. The summed E-state index contributed by atoms with van der Waals surface area (Å²) < 4.78 is 11.7. The molecule has 0 aromatic heterocycles. The lowest BCUT2D eigenvalue weighted by Gasteiger charge is -2.06. The van der Waals surface area contributed by atoms with Gasteiger partial charge in [0.15, 0.2) is 0 Å². The van der Waals surface area contributed by atoms with Gasteiger partial charge >= 0.3 is 0 Å². The molecule has 0 saturated carbocycles. The van der Waals surface area contributed by atoms with Crippen molar-refractivity contribution in [2.45, 2.75) is 24.3 Å². The van der Waals surface area contributed by atoms with E-state index in [1.54, 1.807) is 0 Å². The summed E-state index contributed by atoms with van der Waals surface area (Å²) in [5.41, 5.74) is 1.07. The summed E-state index contributed by atoms with van der Waals surface area (Å²) in [5, 5.41) is 8.43. The number of nitriles is 1. The molecule has 0 aliphatic heterocycles. The van der Waals surface area contributed by atoms with Crippen molar-refractivity contribution in [3.05, 3.63) is 35.9 Å². The van der Waals surface area contributed by atoms with E-state index < -0.39 is 10.8 Å². The lowest BCUT2D eigenvalue weighted by Crippen LogP contribution is -2.11. The van der Waals surface area contributed by atoms with Crippen LogP contribution in [0.3, 0.4) is 0 Å². The quantitative estimate of drug-likeness (QED) is 0.759. The Bertz CT molecular complexity index is 342. The Morgan fingerprint density at radius 3 is 2.64 bits per heavy atom. The molecule has 2 atom stereocenters. The van der Waals surface area contributed by atoms with Crippen molar-refractivity contribution in [2.24, 2.45) is 0 Å². The molecular weight excluding hydrogens is 194 g/mol. The molecule has 0 radical (unpaired) electrons. The second kappa shape index (κ2) is 5.56. The smallest absolute Gasteiger partial charge is 0.0634 e. The van der Waals surface area contributed by atoms with Crippen LogP contribution < -0.4 is 0 Å². The minimum absolute atomic E-state index is 0.0415. The average molecular weight is 207 g/mol. The normalized spacial score (nSPS) is 14.3. The molecule has 2 unspecified atom stereocenters. The molecule has 3 heteroatoms. The van der Waals surface area contributed by atoms with Gasteiger partial charge in [-0.2, -0.15) is 5.26 Å². The van der Waals surface area contributed by atoms with Crippen LogP contribution in [0.4, 0.5) is 0 Å². The summed E-state index contributed by atoms with van der Waals surface area (Å²) in [6, 6.07) is 11.8. The van der Waals surface area contributed by atoms with Gasteiger partial charge in [0, 0.05) is 28.2 Å². The summed E-state index contributed by atoms with van der Waals surface area (Å²) in [6.07, 6.45) is 0.361. The number of hydrogen-bond donors (Lipinski definition) is 0. The minimum Gasteiger partial charge on any atom is -0.259 e. The summed E-state index contributed by atoms with van der Waals surface area (Å²) in [7, 11) is -0.938. The van der Waals surface area contributed by atoms with E-state index in [1.807, 2.05) is 43.3 Å².